The number of carboxylic acid groups (broad SMARTS) is 1. The van der Waals surface area contributed by atoms with E-state index >= 15 is 0 Å². The first-order valence-corrected chi connectivity index (χ1v) is 9.00. The average Bonchev–Trinajstić information content (AvgIpc) is 2.89. The van der Waals surface area contributed by atoms with Crippen LogP contribution >= 0.6 is 24.0 Å². The molecule has 3 rings (SSSR count). The van der Waals surface area contributed by atoms with Crippen molar-refractivity contribution in [3.8, 4) is 5.75 Å². The number of carboxylic acids is 1. The smallest absolute Gasteiger partial charge is 0.341 e. The second-order valence-corrected chi connectivity index (χ2v) is 7.15. The molecule has 1 heterocycles. The highest BCUT2D eigenvalue weighted by Gasteiger charge is 2.32. The summed E-state index contributed by atoms with van der Waals surface area (Å²) in [5.41, 5.74) is 1.63. The molecule has 0 atom stereocenters. The summed E-state index contributed by atoms with van der Waals surface area (Å²) in [5, 5.41) is 8.78. The van der Waals surface area contributed by atoms with Gasteiger partial charge in [-0.3, -0.25) is 9.69 Å². The Balaban J connectivity index is 1.81. The molecule has 1 fully saturated rings. The van der Waals surface area contributed by atoms with Gasteiger partial charge in [0.2, 0.25) is 0 Å². The van der Waals surface area contributed by atoms with Gasteiger partial charge in [-0.2, -0.15) is 0 Å². The van der Waals surface area contributed by atoms with E-state index in [0.717, 1.165) is 5.56 Å². The Morgan fingerprint density at radius 1 is 1.15 bits per heavy atom. The Labute approximate surface area is 160 Å². The largest absolute Gasteiger partial charge is 0.481 e. The van der Waals surface area contributed by atoms with Crippen molar-refractivity contribution in [1.82, 2.24) is 4.90 Å². The summed E-state index contributed by atoms with van der Waals surface area (Å²) in [7, 11) is 0. The fourth-order valence-corrected chi connectivity index (χ4v) is 3.66. The van der Waals surface area contributed by atoms with Crippen LogP contribution in [0.15, 0.2) is 59.5 Å². The van der Waals surface area contributed by atoms with Crippen molar-refractivity contribution in [3.05, 3.63) is 70.6 Å². The highest BCUT2D eigenvalue weighted by atomic mass is 32.2. The summed E-state index contributed by atoms with van der Waals surface area (Å²) in [6, 6.07) is 16.6. The Morgan fingerprint density at radius 2 is 1.85 bits per heavy atom. The van der Waals surface area contributed by atoms with Crippen LogP contribution in [0, 0.1) is 0 Å². The molecule has 132 valence electrons. The Kier molecular flexibility index (Phi) is 5.70. The zero-order chi connectivity index (χ0) is 18.5. The maximum atomic E-state index is 12.7. The van der Waals surface area contributed by atoms with E-state index < -0.39 is 12.6 Å². The van der Waals surface area contributed by atoms with Gasteiger partial charge in [-0.25, -0.2) is 4.79 Å². The van der Waals surface area contributed by atoms with Gasteiger partial charge in [0, 0.05) is 5.56 Å². The Morgan fingerprint density at radius 3 is 2.58 bits per heavy atom. The zero-order valence-corrected chi connectivity index (χ0v) is 15.3. The molecule has 0 spiro atoms. The normalized spacial score (nSPS) is 15.5. The van der Waals surface area contributed by atoms with Gasteiger partial charge in [0.1, 0.15) is 10.1 Å². The number of hydrogen-bond acceptors (Lipinski definition) is 5. The molecule has 0 radical (unpaired) electrons. The molecule has 0 aromatic heterocycles. The number of ether oxygens (including phenoxy) is 1. The first-order chi connectivity index (χ1) is 12.5. The molecule has 0 unspecified atom stereocenters. The van der Waals surface area contributed by atoms with Crippen molar-refractivity contribution in [2.45, 2.75) is 6.54 Å². The second-order valence-electron chi connectivity index (χ2n) is 5.47. The summed E-state index contributed by atoms with van der Waals surface area (Å²) < 4.78 is 5.78. The van der Waals surface area contributed by atoms with Crippen LogP contribution in [0.4, 0.5) is 0 Å². The predicted octanol–water partition coefficient (Wildman–Crippen LogP) is 3.55. The maximum absolute atomic E-state index is 12.7. The molecule has 1 N–H and O–H groups in total. The van der Waals surface area contributed by atoms with E-state index in [1.54, 1.807) is 35.2 Å². The molecule has 2 aromatic rings. The average molecular weight is 385 g/mol. The zero-order valence-electron chi connectivity index (χ0n) is 13.6. The number of benzene rings is 2. The number of thioether (sulfide) groups is 1. The van der Waals surface area contributed by atoms with Crippen LogP contribution in [0.2, 0.25) is 0 Å². The highest BCUT2D eigenvalue weighted by molar-refractivity contribution is 8.26. The van der Waals surface area contributed by atoms with Crippen molar-refractivity contribution in [3.63, 3.8) is 0 Å². The van der Waals surface area contributed by atoms with Crippen LogP contribution < -0.4 is 4.74 Å². The third-order valence-electron chi connectivity index (χ3n) is 3.61. The van der Waals surface area contributed by atoms with E-state index in [4.69, 9.17) is 22.1 Å². The van der Waals surface area contributed by atoms with Gasteiger partial charge in [0.15, 0.2) is 6.61 Å². The van der Waals surface area contributed by atoms with Gasteiger partial charge in [-0.05, 0) is 17.7 Å². The number of para-hydroxylation sites is 1. The fraction of sp³-hybridized carbons (Fsp3) is 0.105. The van der Waals surface area contributed by atoms with E-state index in [2.05, 4.69) is 0 Å². The lowest BCUT2D eigenvalue weighted by Gasteiger charge is -2.14. The van der Waals surface area contributed by atoms with Gasteiger partial charge in [0.25, 0.3) is 5.91 Å². The number of rotatable bonds is 6. The third kappa shape index (κ3) is 4.30. The molecule has 26 heavy (non-hydrogen) atoms. The number of thiocarbonyl (C=S) groups is 1. The molecule has 1 saturated heterocycles. The molecule has 0 aliphatic carbocycles. The van der Waals surface area contributed by atoms with Gasteiger partial charge < -0.3 is 9.84 Å². The molecule has 7 heteroatoms. The van der Waals surface area contributed by atoms with Gasteiger partial charge in [-0.1, -0.05) is 72.5 Å². The summed E-state index contributed by atoms with van der Waals surface area (Å²) in [6.07, 6.45) is 1.68. The van der Waals surface area contributed by atoms with Crippen molar-refractivity contribution in [2.24, 2.45) is 0 Å². The predicted molar refractivity (Wildman–Crippen MR) is 105 cm³/mol. The van der Waals surface area contributed by atoms with Crippen LogP contribution in [0.25, 0.3) is 6.08 Å². The summed E-state index contributed by atoms with van der Waals surface area (Å²) in [4.78, 5) is 25.5. The van der Waals surface area contributed by atoms with Crippen molar-refractivity contribution in [2.75, 3.05) is 6.61 Å². The first kappa shape index (κ1) is 18.2. The van der Waals surface area contributed by atoms with E-state index in [-0.39, 0.29) is 5.91 Å². The second kappa shape index (κ2) is 8.16. The Hall–Kier alpha value is -2.64. The lowest BCUT2D eigenvalue weighted by molar-refractivity contribution is -0.139. The number of amides is 1. The molecular weight excluding hydrogens is 370 g/mol. The minimum absolute atomic E-state index is 0.170. The third-order valence-corrected chi connectivity index (χ3v) is 4.99. The minimum atomic E-state index is -1.06. The van der Waals surface area contributed by atoms with Gasteiger partial charge >= 0.3 is 5.97 Å². The standard InChI is InChI=1S/C19H15NO4S2/c21-17(22)12-24-15-9-5-4-8-14(15)10-16-18(23)20(19(25)26-16)11-13-6-2-1-3-7-13/h1-10H,11-12H2,(H,21,22)/b16-10+. The number of hydrogen-bond donors (Lipinski definition) is 1. The highest BCUT2D eigenvalue weighted by Crippen LogP contribution is 2.35. The molecule has 0 bridgehead atoms. The lowest BCUT2D eigenvalue weighted by atomic mass is 10.1. The molecule has 2 aromatic carbocycles. The van der Waals surface area contributed by atoms with Crippen molar-refractivity contribution < 1.29 is 19.4 Å². The number of aliphatic carboxylic acids is 1. The first-order valence-electron chi connectivity index (χ1n) is 7.77. The van der Waals surface area contributed by atoms with Crippen LogP contribution in [0.1, 0.15) is 11.1 Å². The van der Waals surface area contributed by atoms with Crippen LogP contribution in [0.5, 0.6) is 5.75 Å². The quantitative estimate of drug-likeness (QED) is 0.606. The molecule has 5 nitrogen and oxygen atoms in total. The number of nitrogens with zero attached hydrogens (tertiary/aromatic N) is 1. The van der Waals surface area contributed by atoms with Crippen LogP contribution in [-0.2, 0) is 16.1 Å². The maximum Gasteiger partial charge on any atom is 0.341 e. The summed E-state index contributed by atoms with van der Waals surface area (Å²) >= 11 is 6.57. The Bertz CT molecular complexity index is 880. The summed E-state index contributed by atoms with van der Waals surface area (Å²) in [5.74, 6) is -0.825. The van der Waals surface area contributed by atoms with Crippen molar-refractivity contribution >= 4 is 46.3 Å². The fourth-order valence-electron chi connectivity index (χ4n) is 2.41. The van der Waals surface area contributed by atoms with E-state index in [0.29, 0.717) is 27.1 Å². The molecule has 1 aliphatic rings. The lowest BCUT2D eigenvalue weighted by Crippen LogP contribution is -2.27. The van der Waals surface area contributed by atoms with Gasteiger partial charge in [-0.15, -0.1) is 0 Å². The molecule has 1 amide bonds. The summed E-state index contributed by atoms with van der Waals surface area (Å²) in [6.45, 7) is -0.0279. The monoisotopic (exact) mass is 385 g/mol. The van der Waals surface area contributed by atoms with Gasteiger partial charge in [0.05, 0.1) is 11.4 Å². The number of carbonyl (C=O) groups excluding carboxylic acids is 1. The SMILES string of the molecule is O=C(O)COc1ccccc1/C=C1/SC(=S)N(Cc2ccccc2)C1=O. The van der Waals surface area contributed by atoms with E-state index in [1.165, 1.54) is 11.8 Å². The minimum Gasteiger partial charge on any atom is -0.481 e. The van der Waals surface area contributed by atoms with Crippen LogP contribution in [0.3, 0.4) is 0 Å². The molecule has 1 aliphatic heterocycles. The molecule has 0 saturated carbocycles. The van der Waals surface area contributed by atoms with Crippen LogP contribution in [-0.4, -0.2) is 32.8 Å². The number of carbonyl (C=O) groups is 2. The van der Waals surface area contributed by atoms with E-state index in [1.807, 2.05) is 30.3 Å². The van der Waals surface area contributed by atoms with E-state index in [9.17, 15) is 9.59 Å². The van der Waals surface area contributed by atoms with Crippen molar-refractivity contribution in [1.29, 1.82) is 0 Å². The topological polar surface area (TPSA) is 66.8 Å². The molecular formula is C19H15NO4S2.